The first-order valence-electron chi connectivity index (χ1n) is 11.1. The summed E-state index contributed by atoms with van der Waals surface area (Å²) >= 11 is 0. The van der Waals surface area contributed by atoms with Gasteiger partial charge in [0.25, 0.3) is 15.9 Å². The Morgan fingerprint density at radius 2 is 1.50 bits per heavy atom. The van der Waals surface area contributed by atoms with E-state index in [0.29, 0.717) is 17.8 Å². The molecule has 4 aromatic carbocycles. The quantitative estimate of drug-likeness (QED) is 0.406. The van der Waals surface area contributed by atoms with Crippen molar-refractivity contribution in [2.75, 3.05) is 9.62 Å². The van der Waals surface area contributed by atoms with E-state index >= 15 is 0 Å². The molecule has 0 aliphatic carbocycles. The lowest BCUT2D eigenvalue weighted by Gasteiger charge is -2.24. The highest BCUT2D eigenvalue weighted by Gasteiger charge is 2.36. The summed E-state index contributed by atoms with van der Waals surface area (Å²) in [4.78, 5) is 13.0. The number of nitrogens with zero attached hydrogens (tertiary/aromatic N) is 1. The highest BCUT2D eigenvalue weighted by atomic mass is 32.2. The number of hydrogen-bond acceptors (Lipinski definition) is 3. The number of rotatable bonds is 5. The number of nitrogens with one attached hydrogen (secondary N) is 1. The van der Waals surface area contributed by atoms with Crippen LogP contribution in [-0.2, 0) is 16.4 Å². The molecule has 5 nitrogen and oxygen atoms in total. The zero-order chi connectivity index (χ0) is 23.7. The Balaban J connectivity index is 1.37. The van der Waals surface area contributed by atoms with Crippen LogP contribution in [0.15, 0.2) is 108 Å². The summed E-state index contributed by atoms with van der Waals surface area (Å²) < 4.78 is 28.5. The fourth-order valence-electron chi connectivity index (χ4n) is 4.39. The van der Waals surface area contributed by atoms with Crippen LogP contribution in [0.4, 0.5) is 11.4 Å². The van der Waals surface area contributed by atoms with Crippen LogP contribution in [0.2, 0.25) is 0 Å². The second kappa shape index (κ2) is 8.80. The molecule has 1 aliphatic rings. The van der Waals surface area contributed by atoms with Gasteiger partial charge in [-0.3, -0.25) is 9.10 Å². The summed E-state index contributed by atoms with van der Waals surface area (Å²) in [5, 5.41) is 2.86. The molecule has 0 aromatic heterocycles. The number of fused-ring (bicyclic) bond motifs is 1. The van der Waals surface area contributed by atoms with E-state index in [4.69, 9.17) is 0 Å². The lowest BCUT2D eigenvalue weighted by Crippen LogP contribution is -2.35. The lowest BCUT2D eigenvalue weighted by molar-refractivity contribution is 0.102. The van der Waals surface area contributed by atoms with E-state index in [-0.39, 0.29) is 22.4 Å². The standard InChI is InChI=1S/C28H24N2O3S/c1-20-18-23-10-5-6-13-27(23)30(20)34(32,33)26-12-7-11-24(19-26)28(31)29-25-16-14-22(15-17-25)21-8-3-2-4-9-21/h2-17,19-20H,18H2,1H3,(H,29,31)/t20-/m0/s1. The Kier molecular flexibility index (Phi) is 5.67. The molecule has 170 valence electrons. The number of amides is 1. The van der Waals surface area contributed by atoms with Crippen LogP contribution in [0, 0.1) is 0 Å². The summed E-state index contributed by atoms with van der Waals surface area (Å²) in [7, 11) is -3.81. The maximum absolute atomic E-state index is 13.5. The summed E-state index contributed by atoms with van der Waals surface area (Å²) in [6, 6.07) is 31.1. The van der Waals surface area contributed by atoms with E-state index in [0.717, 1.165) is 16.7 Å². The van der Waals surface area contributed by atoms with Crippen molar-refractivity contribution in [2.45, 2.75) is 24.3 Å². The molecule has 0 fully saturated rings. The SMILES string of the molecule is C[C@H]1Cc2ccccc2N1S(=O)(=O)c1cccc(C(=O)Nc2ccc(-c3ccccc3)cc2)c1. The van der Waals surface area contributed by atoms with Crippen molar-refractivity contribution in [1.29, 1.82) is 0 Å². The summed E-state index contributed by atoms with van der Waals surface area (Å²) in [6.07, 6.45) is 0.661. The van der Waals surface area contributed by atoms with Crippen molar-refractivity contribution in [3.8, 4) is 11.1 Å². The number of anilines is 2. The van der Waals surface area contributed by atoms with E-state index < -0.39 is 10.0 Å². The van der Waals surface area contributed by atoms with Gasteiger partial charge in [-0.2, -0.15) is 0 Å². The van der Waals surface area contributed by atoms with Crippen LogP contribution < -0.4 is 9.62 Å². The number of benzene rings is 4. The van der Waals surface area contributed by atoms with Gasteiger partial charge in [-0.15, -0.1) is 0 Å². The highest BCUT2D eigenvalue weighted by Crippen LogP contribution is 2.36. The van der Waals surface area contributed by atoms with Gasteiger partial charge in [0.05, 0.1) is 10.6 Å². The Bertz CT molecular complexity index is 1450. The van der Waals surface area contributed by atoms with E-state index in [1.54, 1.807) is 12.1 Å². The minimum absolute atomic E-state index is 0.100. The molecule has 1 amide bonds. The minimum atomic E-state index is -3.81. The van der Waals surface area contributed by atoms with Gasteiger partial charge in [0.15, 0.2) is 0 Å². The van der Waals surface area contributed by atoms with Crippen LogP contribution in [0.25, 0.3) is 11.1 Å². The van der Waals surface area contributed by atoms with Crippen LogP contribution in [0.1, 0.15) is 22.8 Å². The monoisotopic (exact) mass is 468 g/mol. The minimum Gasteiger partial charge on any atom is -0.322 e. The van der Waals surface area contributed by atoms with Crippen molar-refractivity contribution in [3.05, 3.63) is 114 Å². The molecule has 6 heteroatoms. The first-order valence-corrected chi connectivity index (χ1v) is 12.6. The second-order valence-corrected chi connectivity index (χ2v) is 10.2. The van der Waals surface area contributed by atoms with E-state index in [2.05, 4.69) is 5.32 Å². The average Bonchev–Trinajstić information content (AvgIpc) is 3.21. The Labute approximate surface area is 199 Å². The first-order chi connectivity index (χ1) is 16.4. The van der Waals surface area contributed by atoms with Crippen molar-refractivity contribution < 1.29 is 13.2 Å². The molecule has 0 saturated carbocycles. The van der Waals surface area contributed by atoms with Gasteiger partial charge in [-0.25, -0.2) is 8.42 Å². The molecule has 1 heterocycles. The Hall–Kier alpha value is -3.90. The average molecular weight is 469 g/mol. The predicted octanol–water partition coefficient (Wildman–Crippen LogP) is 5.75. The Morgan fingerprint density at radius 1 is 0.824 bits per heavy atom. The molecular formula is C28H24N2O3S. The molecular weight excluding hydrogens is 444 g/mol. The van der Waals surface area contributed by atoms with Gasteiger partial charge in [0, 0.05) is 17.3 Å². The third-order valence-electron chi connectivity index (χ3n) is 6.05. The first kappa shape index (κ1) is 21.9. The van der Waals surface area contributed by atoms with Crippen LogP contribution in [0.5, 0.6) is 0 Å². The largest absolute Gasteiger partial charge is 0.322 e. The third-order valence-corrected chi connectivity index (χ3v) is 7.97. The fraction of sp³-hybridized carbons (Fsp3) is 0.107. The zero-order valence-electron chi connectivity index (χ0n) is 18.7. The number of carbonyl (C=O) groups is 1. The van der Waals surface area contributed by atoms with Crippen molar-refractivity contribution in [2.24, 2.45) is 0 Å². The topological polar surface area (TPSA) is 66.5 Å². The number of para-hydroxylation sites is 1. The maximum Gasteiger partial charge on any atom is 0.264 e. The molecule has 1 N–H and O–H groups in total. The molecule has 0 bridgehead atoms. The van der Waals surface area contributed by atoms with Crippen molar-refractivity contribution >= 4 is 27.3 Å². The second-order valence-electron chi connectivity index (χ2n) is 8.41. The fourth-order valence-corrected chi connectivity index (χ4v) is 6.13. The van der Waals surface area contributed by atoms with Crippen molar-refractivity contribution in [1.82, 2.24) is 0 Å². The molecule has 5 rings (SSSR count). The van der Waals surface area contributed by atoms with Gasteiger partial charge in [0.1, 0.15) is 0 Å². The number of carbonyl (C=O) groups excluding carboxylic acids is 1. The van der Waals surface area contributed by atoms with Gasteiger partial charge in [0.2, 0.25) is 0 Å². The third kappa shape index (κ3) is 4.08. The summed E-state index contributed by atoms with van der Waals surface area (Å²) in [5.74, 6) is -0.362. The van der Waals surface area contributed by atoms with Crippen LogP contribution >= 0.6 is 0 Å². The molecule has 0 saturated heterocycles. The van der Waals surface area contributed by atoms with Gasteiger partial charge in [-0.1, -0.05) is 66.7 Å². The van der Waals surface area contributed by atoms with Crippen molar-refractivity contribution in [3.63, 3.8) is 0 Å². The lowest BCUT2D eigenvalue weighted by atomic mass is 10.1. The highest BCUT2D eigenvalue weighted by molar-refractivity contribution is 7.92. The molecule has 0 spiro atoms. The van der Waals surface area contributed by atoms with E-state index in [9.17, 15) is 13.2 Å². The van der Waals surface area contributed by atoms with Gasteiger partial charge in [-0.05, 0) is 66.4 Å². The molecule has 0 radical (unpaired) electrons. The maximum atomic E-state index is 13.5. The van der Waals surface area contributed by atoms with E-state index in [1.807, 2.05) is 85.8 Å². The normalized spacial score (nSPS) is 15.1. The zero-order valence-corrected chi connectivity index (χ0v) is 19.5. The molecule has 34 heavy (non-hydrogen) atoms. The van der Waals surface area contributed by atoms with E-state index in [1.165, 1.54) is 16.4 Å². The number of hydrogen-bond donors (Lipinski definition) is 1. The van der Waals surface area contributed by atoms with Crippen LogP contribution in [-0.4, -0.2) is 20.4 Å². The van der Waals surface area contributed by atoms with Gasteiger partial charge >= 0.3 is 0 Å². The summed E-state index contributed by atoms with van der Waals surface area (Å²) in [5.41, 5.74) is 4.77. The smallest absolute Gasteiger partial charge is 0.264 e. The predicted molar refractivity (Wildman–Crippen MR) is 136 cm³/mol. The summed E-state index contributed by atoms with van der Waals surface area (Å²) in [6.45, 7) is 1.90. The van der Waals surface area contributed by atoms with Gasteiger partial charge < -0.3 is 5.32 Å². The van der Waals surface area contributed by atoms with Crippen LogP contribution in [0.3, 0.4) is 0 Å². The number of sulfonamides is 1. The molecule has 4 aromatic rings. The Morgan fingerprint density at radius 3 is 2.26 bits per heavy atom. The molecule has 1 atom stereocenters. The molecule has 1 aliphatic heterocycles. The molecule has 0 unspecified atom stereocenters.